The van der Waals surface area contributed by atoms with E-state index in [9.17, 15) is 8.42 Å². The van der Waals surface area contributed by atoms with Crippen molar-refractivity contribution < 1.29 is 8.42 Å². The SMILES string of the molecule is Cc1ccc(Br)c(NS(=O)(=O)c2c(Cl)nc3sccn23)c1. The van der Waals surface area contributed by atoms with Gasteiger partial charge < -0.3 is 0 Å². The van der Waals surface area contributed by atoms with Crippen LogP contribution in [0.4, 0.5) is 5.69 Å². The minimum atomic E-state index is -3.84. The van der Waals surface area contributed by atoms with Gasteiger partial charge in [0.05, 0.1) is 5.69 Å². The molecule has 2 heterocycles. The molecule has 0 spiro atoms. The summed E-state index contributed by atoms with van der Waals surface area (Å²) in [7, 11) is -3.84. The van der Waals surface area contributed by atoms with Gasteiger partial charge >= 0.3 is 0 Å². The minimum absolute atomic E-state index is 0.0434. The summed E-state index contributed by atoms with van der Waals surface area (Å²) in [5.74, 6) is 0. The van der Waals surface area contributed by atoms with Crippen molar-refractivity contribution in [2.45, 2.75) is 11.9 Å². The standard InChI is InChI=1S/C12H9BrClN3O2S2/c1-7-2-3-8(13)9(6-7)16-21(18,19)11-10(14)15-12-17(11)4-5-20-12/h2-6,16H,1H3. The zero-order valence-corrected chi connectivity index (χ0v) is 14.6. The van der Waals surface area contributed by atoms with Crippen molar-refractivity contribution in [1.82, 2.24) is 9.38 Å². The molecule has 0 aliphatic rings. The summed E-state index contributed by atoms with van der Waals surface area (Å²) in [6.45, 7) is 1.88. The number of aromatic nitrogens is 2. The number of hydrogen-bond donors (Lipinski definition) is 1. The fourth-order valence-electron chi connectivity index (χ4n) is 1.89. The molecule has 0 saturated carbocycles. The Labute approximate surface area is 138 Å². The van der Waals surface area contributed by atoms with Gasteiger partial charge in [-0.15, -0.1) is 11.3 Å². The van der Waals surface area contributed by atoms with Gasteiger partial charge in [0.25, 0.3) is 10.0 Å². The van der Waals surface area contributed by atoms with E-state index in [4.69, 9.17) is 11.6 Å². The highest BCUT2D eigenvalue weighted by Crippen LogP contribution is 2.30. The lowest BCUT2D eigenvalue weighted by Crippen LogP contribution is -2.15. The molecule has 3 rings (SSSR count). The highest BCUT2D eigenvalue weighted by molar-refractivity contribution is 9.10. The molecular formula is C12H9BrClN3O2S2. The van der Waals surface area contributed by atoms with Crippen LogP contribution in [-0.4, -0.2) is 17.8 Å². The van der Waals surface area contributed by atoms with Gasteiger partial charge in [-0.05, 0) is 40.5 Å². The fraction of sp³-hybridized carbons (Fsp3) is 0.0833. The minimum Gasteiger partial charge on any atom is -0.278 e. The number of fused-ring (bicyclic) bond motifs is 1. The number of imidazole rings is 1. The summed E-state index contributed by atoms with van der Waals surface area (Å²) in [5, 5.41) is 1.65. The van der Waals surface area contributed by atoms with E-state index in [0.717, 1.165) is 5.56 Å². The van der Waals surface area contributed by atoms with Crippen LogP contribution < -0.4 is 4.72 Å². The zero-order chi connectivity index (χ0) is 15.2. The number of hydrogen-bond acceptors (Lipinski definition) is 4. The van der Waals surface area contributed by atoms with Crippen LogP contribution in [0.1, 0.15) is 5.56 Å². The molecule has 3 aromatic rings. The number of nitrogens with zero attached hydrogens (tertiary/aromatic N) is 2. The first kappa shape index (κ1) is 14.8. The van der Waals surface area contributed by atoms with Crippen molar-refractivity contribution in [2.24, 2.45) is 0 Å². The van der Waals surface area contributed by atoms with E-state index in [1.165, 1.54) is 15.7 Å². The molecule has 0 amide bonds. The Morgan fingerprint density at radius 1 is 1.43 bits per heavy atom. The number of benzene rings is 1. The van der Waals surface area contributed by atoms with E-state index in [-0.39, 0.29) is 10.2 Å². The first-order valence-corrected chi connectivity index (χ1v) is 9.32. The number of anilines is 1. The van der Waals surface area contributed by atoms with E-state index >= 15 is 0 Å². The van der Waals surface area contributed by atoms with Crippen LogP contribution in [0.25, 0.3) is 4.96 Å². The average molecular weight is 407 g/mol. The van der Waals surface area contributed by atoms with Gasteiger partial charge in [0.1, 0.15) is 0 Å². The Balaban J connectivity index is 2.10. The predicted octanol–water partition coefficient (Wildman–Crippen LogP) is 3.92. The monoisotopic (exact) mass is 405 g/mol. The molecule has 1 N–H and O–H groups in total. The van der Waals surface area contributed by atoms with Crippen LogP contribution in [-0.2, 0) is 10.0 Å². The lowest BCUT2D eigenvalue weighted by molar-refractivity contribution is 0.596. The van der Waals surface area contributed by atoms with Crippen molar-refractivity contribution in [3.8, 4) is 0 Å². The Kier molecular flexibility index (Phi) is 3.73. The van der Waals surface area contributed by atoms with E-state index < -0.39 is 10.0 Å². The highest BCUT2D eigenvalue weighted by atomic mass is 79.9. The molecule has 0 saturated heterocycles. The molecule has 1 aromatic carbocycles. The third-order valence-corrected chi connectivity index (χ3v) is 6.01. The number of aryl methyl sites for hydroxylation is 1. The smallest absolute Gasteiger partial charge is 0.278 e. The second-order valence-electron chi connectivity index (χ2n) is 4.35. The third-order valence-electron chi connectivity index (χ3n) is 2.80. The highest BCUT2D eigenvalue weighted by Gasteiger charge is 2.25. The predicted molar refractivity (Wildman–Crippen MR) is 87.8 cm³/mol. The average Bonchev–Trinajstić information content (AvgIpc) is 2.92. The maximum absolute atomic E-state index is 12.6. The van der Waals surface area contributed by atoms with Crippen LogP contribution in [0.15, 0.2) is 39.3 Å². The molecule has 0 bridgehead atoms. The summed E-state index contributed by atoms with van der Waals surface area (Å²) < 4.78 is 29.8. The Bertz CT molecular complexity index is 933. The van der Waals surface area contributed by atoms with Gasteiger partial charge in [-0.3, -0.25) is 9.12 Å². The van der Waals surface area contributed by atoms with Gasteiger partial charge in [-0.1, -0.05) is 17.7 Å². The Morgan fingerprint density at radius 3 is 2.95 bits per heavy atom. The number of nitrogens with one attached hydrogen (secondary N) is 1. The van der Waals surface area contributed by atoms with Gasteiger partial charge in [0.2, 0.25) is 0 Å². The molecule has 0 aliphatic carbocycles. The van der Waals surface area contributed by atoms with Crippen molar-refractivity contribution in [1.29, 1.82) is 0 Å². The number of sulfonamides is 1. The van der Waals surface area contributed by atoms with Crippen LogP contribution in [0.5, 0.6) is 0 Å². The second-order valence-corrected chi connectivity index (χ2v) is 8.04. The first-order chi connectivity index (χ1) is 9.88. The van der Waals surface area contributed by atoms with E-state index in [1.807, 2.05) is 13.0 Å². The maximum Gasteiger partial charge on any atom is 0.281 e. The van der Waals surface area contributed by atoms with E-state index in [0.29, 0.717) is 15.1 Å². The summed E-state index contributed by atoms with van der Waals surface area (Å²) in [5.41, 5.74) is 1.40. The summed E-state index contributed by atoms with van der Waals surface area (Å²) in [6.07, 6.45) is 1.62. The van der Waals surface area contributed by atoms with Gasteiger partial charge in [-0.25, -0.2) is 4.98 Å². The maximum atomic E-state index is 12.6. The van der Waals surface area contributed by atoms with Crippen LogP contribution in [0.3, 0.4) is 0 Å². The molecule has 110 valence electrons. The van der Waals surface area contributed by atoms with E-state index in [1.54, 1.807) is 23.7 Å². The largest absolute Gasteiger partial charge is 0.281 e. The third kappa shape index (κ3) is 2.68. The summed E-state index contributed by atoms with van der Waals surface area (Å²) in [4.78, 5) is 4.57. The first-order valence-electron chi connectivity index (χ1n) is 5.78. The quantitative estimate of drug-likeness (QED) is 0.717. The molecule has 0 fully saturated rings. The Hall–Kier alpha value is -1.09. The molecule has 0 radical (unpaired) electrons. The molecule has 0 aliphatic heterocycles. The van der Waals surface area contributed by atoms with Gasteiger partial charge in [0.15, 0.2) is 15.1 Å². The second kappa shape index (κ2) is 5.28. The zero-order valence-electron chi connectivity index (χ0n) is 10.7. The number of halogens is 2. The normalized spacial score (nSPS) is 12.0. The van der Waals surface area contributed by atoms with Crippen molar-refractivity contribution >= 4 is 59.5 Å². The summed E-state index contributed by atoms with van der Waals surface area (Å²) in [6, 6.07) is 5.40. The van der Waals surface area contributed by atoms with Crippen LogP contribution in [0, 0.1) is 6.92 Å². The van der Waals surface area contributed by atoms with E-state index in [2.05, 4.69) is 25.6 Å². The molecule has 2 aromatic heterocycles. The lowest BCUT2D eigenvalue weighted by Gasteiger charge is -2.10. The van der Waals surface area contributed by atoms with Crippen molar-refractivity contribution in [3.05, 3.63) is 45.0 Å². The molecule has 5 nitrogen and oxygen atoms in total. The molecule has 9 heteroatoms. The van der Waals surface area contributed by atoms with Crippen LogP contribution >= 0.6 is 38.9 Å². The Morgan fingerprint density at radius 2 is 2.19 bits per heavy atom. The lowest BCUT2D eigenvalue weighted by atomic mass is 10.2. The molecule has 0 atom stereocenters. The van der Waals surface area contributed by atoms with Crippen molar-refractivity contribution in [3.63, 3.8) is 0 Å². The number of thiazole rings is 1. The fourth-order valence-corrected chi connectivity index (χ4v) is 4.89. The molecule has 0 unspecified atom stereocenters. The summed E-state index contributed by atoms with van der Waals surface area (Å²) >= 11 is 10.6. The topological polar surface area (TPSA) is 63.5 Å². The number of rotatable bonds is 3. The van der Waals surface area contributed by atoms with Crippen molar-refractivity contribution in [2.75, 3.05) is 4.72 Å². The molecule has 21 heavy (non-hydrogen) atoms. The van der Waals surface area contributed by atoms with Gasteiger partial charge in [0, 0.05) is 16.0 Å². The van der Waals surface area contributed by atoms with Gasteiger partial charge in [-0.2, -0.15) is 8.42 Å². The van der Waals surface area contributed by atoms with Crippen LogP contribution in [0.2, 0.25) is 5.15 Å². The molecular weight excluding hydrogens is 398 g/mol.